The maximum absolute atomic E-state index is 2.49. The molecule has 0 N–H and O–H groups in total. The third kappa shape index (κ3) is 4.12. The molecule has 1 aliphatic heterocycles. The highest BCUT2D eigenvalue weighted by Crippen LogP contribution is 2.31. The van der Waals surface area contributed by atoms with Gasteiger partial charge in [0.15, 0.2) is 0 Å². The van der Waals surface area contributed by atoms with Crippen LogP contribution in [0.2, 0.25) is 0 Å². The normalized spacial score (nSPS) is 14.5. The van der Waals surface area contributed by atoms with Crippen LogP contribution in [0.15, 0.2) is 72.1 Å². The van der Waals surface area contributed by atoms with Crippen molar-refractivity contribution in [1.29, 1.82) is 0 Å². The fourth-order valence-electron chi connectivity index (χ4n) is 3.21. The van der Waals surface area contributed by atoms with E-state index in [9.17, 15) is 0 Å². The highest BCUT2D eigenvalue weighted by Gasteiger charge is 2.30. The fraction of sp³-hybridized carbons (Fsp3) is 0.333. The SMILES string of the molecule is C.CC1=C(C)N(Cc2ccccc2)C(C)N1Cc1ccccc1.[Cl-]. The van der Waals surface area contributed by atoms with Gasteiger partial charge in [-0.1, -0.05) is 68.1 Å². The van der Waals surface area contributed by atoms with Gasteiger partial charge in [0.2, 0.25) is 0 Å². The van der Waals surface area contributed by atoms with Crippen molar-refractivity contribution in [3.8, 4) is 0 Å². The molecule has 1 aliphatic rings. The second-order valence-corrected chi connectivity index (χ2v) is 6.03. The van der Waals surface area contributed by atoms with Crippen LogP contribution in [0.5, 0.6) is 0 Å². The zero-order chi connectivity index (χ0) is 15.5. The minimum absolute atomic E-state index is 0. The molecule has 1 heterocycles. The zero-order valence-electron chi connectivity index (χ0n) is 14.0. The summed E-state index contributed by atoms with van der Waals surface area (Å²) in [6.07, 6.45) is 0.389. The molecular formula is C21H28ClN2-. The topological polar surface area (TPSA) is 6.48 Å². The van der Waals surface area contributed by atoms with Crippen molar-refractivity contribution in [2.24, 2.45) is 0 Å². The fourth-order valence-corrected chi connectivity index (χ4v) is 3.21. The lowest BCUT2D eigenvalue weighted by atomic mass is 10.2. The Morgan fingerprint density at radius 2 is 1.04 bits per heavy atom. The van der Waals surface area contributed by atoms with Crippen molar-refractivity contribution in [2.45, 2.75) is 47.5 Å². The van der Waals surface area contributed by atoms with Gasteiger partial charge in [0, 0.05) is 24.5 Å². The van der Waals surface area contributed by atoms with E-state index in [0.29, 0.717) is 6.17 Å². The summed E-state index contributed by atoms with van der Waals surface area (Å²) in [6, 6.07) is 21.4. The first kappa shape index (κ1) is 20.1. The van der Waals surface area contributed by atoms with E-state index in [1.165, 1.54) is 22.5 Å². The summed E-state index contributed by atoms with van der Waals surface area (Å²) < 4.78 is 0. The van der Waals surface area contributed by atoms with Crippen molar-refractivity contribution in [3.63, 3.8) is 0 Å². The lowest BCUT2D eigenvalue weighted by Gasteiger charge is -2.32. The van der Waals surface area contributed by atoms with Crippen LogP contribution >= 0.6 is 0 Å². The average Bonchev–Trinajstić information content (AvgIpc) is 2.75. The molecule has 0 saturated heterocycles. The van der Waals surface area contributed by atoms with E-state index in [1.54, 1.807) is 0 Å². The Hall–Kier alpha value is -1.93. The minimum atomic E-state index is 0. The van der Waals surface area contributed by atoms with Crippen LogP contribution in [-0.2, 0) is 13.1 Å². The Labute approximate surface area is 153 Å². The van der Waals surface area contributed by atoms with Crippen LogP contribution in [0, 0.1) is 0 Å². The molecule has 24 heavy (non-hydrogen) atoms. The maximum atomic E-state index is 2.49. The summed E-state index contributed by atoms with van der Waals surface area (Å²) >= 11 is 0. The molecular weight excluding hydrogens is 316 g/mol. The predicted molar refractivity (Wildman–Crippen MR) is 98.5 cm³/mol. The van der Waals surface area contributed by atoms with Gasteiger partial charge in [-0.25, -0.2) is 0 Å². The summed E-state index contributed by atoms with van der Waals surface area (Å²) in [5.74, 6) is 0. The van der Waals surface area contributed by atoms with E-state index in [-0.39, 0.29) is 19.8 Å². The van der Waals surface area contributed by atoms with Gasteiger partial charge in [0.1, 0.15) is 0 Å². The van der Waals surface area contributed by atoms with E-state index in [4.69, 9.17) is 0 Å². The van der Waals surface area contributed by atoms with Crippen LogP contribution in [0.25, 0.3) is 0 Å². The Morgan fingerprint density at radius 1 is 0.708 bits per heavy atom. The predicted octanol–water partition coefficient (Wildman–Crippen LogP) is 2.24. The summed E-state index contributed by atoms with van der Waals surface area (Å²) in [7, 11) is 0. The molecule has 0 amide bonds. The number of nitrogens with zero attached hydrogens (tertiary/aromatic N) is 2. The summed E-state index contributed by atoms with van der Waals surface area (Å²) in [4.78, 5) is 4.99. The molecule has 130 valence electrons. The lowest BCUT2D eigenvalue weighted by molar-refractivity contribution is -0.00000526. The molecule has 0 fully saturated rings. The first-order chi connectivity index (χ1) is 10.7. The van der Waals surface area contributed by atoms with E-state index in [2.05, 4.69) is 91.2 Å². The van der Waals surface area contributed by atoms with Crippen LogP contribution in [0.1, 0.15) is 39.3 Å². The van der Waals surface area contributed by atoms with Gasteiger partial charge in [-0.05, 0) is 31.9 Å². The second kappa shape index (κ2) is 8.79. The van der Waals surface area contributed by atoms with Crippen molar-refractivity contribution in [2.75, 3.05) is 0 Å². The van der Waals surface area contributed by atoms with Crippen molar-refractivity contribution in [1.82, 2.24) is 9.80 Å². The van der Waals surface area contributed by atoms with Gasteiger partial charge in [-0.15, -0.1) is 0 Å². The molecule has 3 heteroatoms. The molecule has 0 bridgehead atoms. The number of hydrogen-bond donors (Lipinski definition) is 0. The molecule has 0 unspecified atom stereocenters. The molecule has 0 atom stereocenters. The van der Waals surface area contributed by atoms with Gasteiger partial charge < -0.3 is 22.2 Å². The Balaban J connectivity index is 0.00000144. The van der Waals surface area contributed by atoms with Gasteiger partial charge in [-0.2, -0.15) is 0 Å². The number of hydrogen-bond acceptors (Lipinski definition) is 2. The molecule has 2 nitrogen and oxygen atoms in total. The van der Waals surface area contributed by atoms with Crippen molar-refractivity contribution >= 4 is 0 Å². The maximum Gasteiger partial charge on any atom is 0.0989 e. The molecule has 3 rings (SSSR count). The second-order valence-electron chi connectivity index (χ2n) is 6.03. The summed E-state index contributed by atoms with van der Waals surface area (Å²) in [6.45, 7) is 8.71. The van der Waals surface area contributed by atoms with E-state index >= 15 is 0 Å². The number of benzene rings is 2. The molecule has 0 saturated carbocycles. The summed E-state index contributed by atoms with van der Waals surface area (Å²) in [5.41, 5.74) is 5.49. The highest BCUT2D eigenvalue weighted by atomic mass is 35.5. The molecule has 2 aromatic carbocycles. The van der Waals surface area contributed by atoms with Gasteiger partial charge >= 0.3 is 0 Å². The summed E-state index contributed by atoms with van der Waals surface area (Å²) in [5, 5.41) is 0. The van der Waals surface area contributed by atoms with Crippen LogP contribution < -0.4 is 12.4 Å². The van der Waals surface area contributed by atoms with E-state index in [1.807, 2.05) is 0 Å². The lowest BCUT2D eigenvalue weighted by Crippen LogP contribution is -3.00. The number of rotatable bonds is 4. The van der Waals surface area contributed by atoms with Crippen molar-refractivity contribution in [3.05, 3.63) is 83.2 Å². The molecule has 0 radical (unpaired) electrons. The van der Waals surface area contributed by atoms with Crippen molar-refractivity contribution < 1.29 is 12.4 Å². The third-order valence-corrected chi connectivity index (χ3v) is 4.68. The molecule has 2 aromatic rings. The highest BCUT2D eigenvalue weighted by molar-refractivity contribution is 5.23. The quantitative estimate of drug-likeness (QED) is 0.840. The molecule has 0 aliphatic carbocycles. The van der Waals surface area contributed by atoms with E-state index in [0.717, 1.165) is 13.1 Å². The molecule has 0 spiro atoms. The van der Waals surface area contributed by atoms with Crippen LogP contribution in [0.3, 0.4) is 0 Å². The zero-order valence-corrected chi connectivity index (χ0v) is 14.8. The third-order valence-electron chi connectivity index (χ3n) is 4.68. The van der Waals surface area contributed by atoms with Gasteiger partial charge in [0.05, 0.1) is 6.17 Å². The molecule has 0 aromatic heterocycles. The number of halogens is 1. The van der Waals surface area contributed by atoms with Gasteiger partial charge in [0.25, 0.3) is 0 Å². The first-order valence-corrected chi connectivity index (χ1v) is 7.95. The van der Waals surface area contributed by atoms with Crippen LogP contribution in [0.4, 0.5) is 0 Å². The van der Waals surface area contributed by atoms with Gasteiger partial charge in [-0.3, -0.25) is 0 Å². The average molecular weight is 344 g/mol. The number of allylic oxidation sites excluding steroid dienone is 2. The van der Waals surface area contributed by atoms with Crippen LogP contribution in [-0.4, -0.2) is 16.0 Å². The van der Waals surface area contributed by atoms with E-state index < -0.39 is 0 Å². The smallest absolute Gasteiger partial charge is 0.0989 e. The standard InChI is InChI=1S/C20H24N2.CH4.ClH/c1-16-17(2)22(15-20-12-8-5-9-13-20)18(3)21(16)14-19-10-6-4-7-11-19;;/h4-13,18H,14-15H2,1-3H3;1H4;1H/p-1. The Kier molecular flexibility index (Phi) is 7.37. The Bertz CT molecular complexity index is 595. The largest absolute Gasteiger partial charge is 1.00 e. The Morgan fingerprint density at radius 3 is 1.38 bits per heavy atom. The monoisotopic (exact) mass is 343 g/mol. The minimum Gasteiger partial charge on any atom is -1.00 e. The first-order valence-electron chi connectivity index (χ1n) is 7.95.